The number of aryl methyl sites for hydroxylation is 3. The van der Waals surface area contributed by atoms with E-state index in [1.54, 1.807) is 33.8 Å². The summed E-state index contributed by atoms with van der Waals surface area (Å²) in [5.41, 5.74) is 15.4. The number of benzene rings is 8. The van der Waals surface area contributed by atoms with E-state index in [-0.39, 0.29) is 35.5 Å². The van der Waals surface area contributed by atoms with Crippen LogP contribution in [0.1, 0.15) is 80.4 Å². The van der Waals surface area contributed by atoms with Crippen molar-refractivity contribution in [1.82, 2.24) is 83.7 Å². The fraction of sp³-hybridized carbons (Fsp3) is 0.0882. The lowest BCUT2D eigenvalue weighted by Gasteiger charge is -2.27. The average molecular weight is 1680 g/mol. The molecule has 0 amide bonds. The van der Waals surface area contributed by atoms with Gasteiger partial charge in [-0.3, -0.25) is 34.7 Å². The molecule has 14 heterocycles. The van der Waals surface area contributed by atoms with Crippen molar-refractivity contribution in [2.24, 2.45) is 0 Å². The van der Waals surface area contributed by atoms with Crippen LogP contribution in [0.3, 0.4) is 0 Å². The van der Waals surface area contributed by atoms with Crippen LogP contribution in [-0.4, -0.2) is 90.0 Å². The average Bonchev–Trinajstić information content (AvgIpc) is 1.32. The number of pyridine rings is 11. The van der Waals surface area contributed by atoms with E-state index in [1.165, 1.54) is 32.1 Å². The van der Waals surface area contributed by atoms with Gasteiger partial charge in [0.2, 0.25) is 5.82 Å². The van der Waals surface area contributed by atoms with Crippen LogP contribution in [0.4, 0.5) is 0 Å². The van der Waals surface area contributed by atoms with E-state index in [1.807, 2.05) is 182 Å². The monoisotopic (exact) mass is 1680 g/mol. The first-order valence-electron chi connectivity index (χ1n) is 38.5. The molecule has 0 bridgehead atoms. The Morgan fingerprint density at radius 1 is 0.311 bits per heavy atom. The van der Waals surface area contributed by atoms with E-state index in [4.69, 9.17) is 15.0 Å². The number of hydrogen-bond acceptors (Lipinski definition) is 15. The Morgan fingerprint density at radius 3 is 1.15 bits per heavy atom. The van der Waals surface area contributed by atoms with Crippen LogP contribution < -0.4 is 15.9 Å². The third-order valence-corrected chi connectivity index (χ3v) is 24.8. The molecule has 122 heavy (non-hydrogen) atoms. The van der Waals surface area contributed by atoms with Gasteiger partial charge in [-0.05, 0) is 177 Å². The number of aldehydes is 1. The minimum atomic E-state index is -1.92. The number of rotatable bonds is 12. The number of carbonyl (C=O) groups excluding carboxylic acids is 1. The van der Waals surface area contributed by atoms with Crippen molar-refractivity contribution >= 4 is 162 Å². The van der Waals surface area contributed by atoms with E-state index in [2.05, 4.69) is 253 Å². The lowest BCUT2D eigenvalue weighted by atomic mass is 10.1. The summed E-state index contributed by atoms with van der Waals surface area (Å²) in [6.07, 6.45) is 17.7. The Morgan fingerprint density at radius 2 is 0.680 bits per heavy atom. The summed E-state index contributed by atoms with van der Waals surface area (Å²) in [5.74, 6) is 1.66. The van der Waals surface area contributed by atoms with Crippen molar-refractivity contribution in [3.63, 3.8) is 0 Å². The second-order valence-corrected chi connectivity index (χ2v) is 31.7. The maximum absolute atomic E-state index is 10.6. The number of halogens is 1. The number of aromatic nitrogens is 17. The van der Waals surface area contributed by atoms with E-state index in [0.717, 1.165) is 141 Å². The zero-order valence-electron chi connectivity index (χ0n) is 64.0. The molecular formula is C102H90BrN17OP+. The highest BCUT2D eigenvalue weighted by Gasteiger charge is 2.46. The first kappa shape index (κ1) is 85.1. The predicted octanol–water partition coefficient (Wildman–Crippen LogP) is 22.6. The summed E-state index contributed by atoms with van der Waals surface area (Å²) in [4.78, 5) is 60.1. The molecule has 0 saturated carbocycles. The Bertz CT molecular complexity index is 7220. The quantitative estimate of drug-likeness (QED) is 0.0632. The molecule has 0 fully saturated rings. The molecule has 22 aromatic rings. The Labute approximate surface area is 717 Å². The summed E-state index contributed by atoms with van der Waals surface area (Å²) in [5, 5.41) is 26.8. The lowest BCUT2D eigenvalue weighted by Crippen LogP contribution is -2.32. The SMILES string of the molecule is BrCc1ccc2ccccc2n1.C.C.C.C.C(=C\c1nc2c3cccnc3ccn2n1)/c1ccc2ccccc2n1.Cc1ccc2ccccc2n1.O=Cc1nc2c3cccnc3ccn2n1.c1ccc([P+](Cc2ccc3ccccc3n2)(c2ccccc2)c2ccccc2)cc1.c1ccc2nc(CCc3nc4c5cccnc5ccn4n3)ccc2c1. The van der Waals surface area contributed by atoms with Gasteiger partial charge in [0.15, 0.2) is 34.9 Å². The van der Waals surface area contributed by atoms with Gasteiger partial charge < -0.3 is 0 Å². The maximum atomic E-state index is 10.6. The van der Waals surface area contributed by atoms with Crippen molar-refractivity contribution in [2.75, 3.05) is 0 Å². The first-order valence-corrected chi connectivity index (χ1v) is 41.6. The Balaban J connectivity index is 0.000000129. The van der Waals surface area contributed by atoms with Crippen LogP contribution in [-0.2, 0) is 24.3 Å². The van der Waals surface area contributed by atoms with Gasteiger partial charge in [-0.2, -0.15) is 5.10 Å². The van der Waals surface area contributed by atoms with E-state index < -0.39 is 7.26 Å². The second kappa shape index (κ2) is 40.1. The molecule has 0 aliphatic carbocycles. The molecule has 0 atom stereocenters. The van der Waals surface area contributed by atoms with Gasteiger partial charge >= 0.3 is 0 Å². The highest BCUT2D eigenvalue weighted by molar-refractivity contribution is 9.08. The van der Waals surface area contributed by atoms with Gasteiger partial charge in [0, 0.05) is 103 Å². The Hall–Kier alpha value is -14.8. The molecular weight excluding hydrogens is 1590 g/mol. The van der Waals surface area contributed by atoms with Crippen molar-refractivity contribution in [2.45, 2.75) is 61.0 Å². The smallest absolute Gasteiger partial charge is 0.215 e. The molecule has 18 nitrogen and oxygen atoms in total. The molecule has 0 aliphatic heterocycles. The van der Waals surface area contributed by atoms with Crippen molar-refractivity contribution < 1.29 is 4.79 Å². The third kappa shape index (κ3) is 19.5. The number of alkyl halides is 1. The minimum absolute atomic E-state index is 0. The Kier molecular flexibility index (Phi) is 28.0. The van der Waals surface area contributed by atoms with Gasteiger partial charge in [0.25, 0.3) is 0 Å². The van der Waals surface area contributed by atoms with Gasteiger partial charge in [-0.25, -0.2) is 38.5 Å². The van der Waals surface area contributed by atoms with Crippen LogP contribution in [0.15, 0.2) is 365 Å². The van der Waals surface area contributed by atoms with Crippen molar-refractivity contribution in [1.29, 1.82) is 0 Å². The molecule has 600 valence electrons. The van der Waals surface area contributed by atoms with Crippen molar-refractivity contribution in [3.8, 4) is 0 Å². The number of carbonyl (C=O) groups is 1. The fourth-order valence-electron chi connectivity index (χ4n) is 14.2. The number of nitrogens with zero attached hydrogens (tertiary/aromatic N) is 17. The molecule has 20 heteroatoms. The van der Waals surface area contributed by atoms with Crippen LogP contribution in [0.2, 0.25) is 0 Å². The fourth-order valence-corrected chi connectivity index (χ4v) is 18.6. The van der Waals surface area contributed by atoms with Crippen LogP contribution in [0.5, 0.6) is 0 Å². The first-order chi connectivity index (χ1) is 58.2. The summed E-state index contributed by atoms with van der Waals surface area (Å²) in [6.45, 7) is 2.01. The van der Waals surface area contributed by atoms with Gasteiger partial charge in [0.05, 0.1) is 61.2 Å². The molecule has 0 unspecified atom stereocenters. The topological polar surface area (TPSA) is 211 Å². The van der Waals surface area contributed by atoms with Crippen LogP contribution in [0.25, 0.3) is 116 Å². The summed E-state index contributed by atoms with van der Waals surface area (Å²) >= 11 is 3.38. The van der Waals surface area contributed by atoms with E-state index >= 15 is 0 Å². The van der Waals surface area contributed by atoms with Gasteiger partial charge in [-0.1, -0.05) is 222 Å². The standard InChI is InChI=1S/C28H23NP.C20H15N5.C20H13N5.C10H8BrN.C10H6N4O.C10H9N.4CH4/c1-4-13-25(14-5-1)30(26-15-6-2-7-16-26,27-17-8-3-9-18-27)22-24-21-20-23-12-10-11-19-28(23)29-24;2*1-2-6-17-14(4-1)7-8-15(22-17)9-10-19-23-20-16-5-3-12-21-18(16)11-13-25(20)24-19;11-7-9-6-5-8-3-1-2-4-10(8)12-9;15-6-9-12-10-7-2-1-4-11-8(7)3-5-14(10)13-9;1-8-6-7-9-4-2-3-5-10(9)11-8;;;;/h1-21H,22H2;1-8,11-13H,9-10H2;1-13H;1-6H,7H2;1-6H;2-7H,1H3;4*1H4/q+1;;;;;;;;;/b;;10-9+;;;;;;;. The molecule has 0 spiro atoms. The number of hydrogen-bond donors (Lipinski definition) is 0. The summed E-state index contributed by atoms with van der Waals surface area (Å²) in [6, 6.07) is 112. The highest BCUT2D eigenvalue weighted by Crippen LogP contribution is 2.58. The second-order valence-electron chi connectivity index (χ2n) is 27.6. The maximum Gasteiger partial charge on any atom is 0.215 e. The number of fused-ring (bicyclic) bond motifs is 14. The van der Waals surface area contributed by atoms with E-state index in [0.29, 0.717) is 17.8 Å². The molecule has 0 aliphatic rings. The molecule has 0 saturated heterocycles. The zero-order valence-corrected chi connectivity index (χ0v) is 66.5. The largest absolute Gasteiger partial charge is 0.294 e. The van der Waals surface area contributed by atoms with Gasteiger partial charge in [-0.15, -0.1) is 10.2 Å². The van der Waals surface area contributed by atoms with Crippen molar-refractivity contribution in [3.05, 3.63) is 411 Å². The highest BCUT2D eigenvalue weighted by atomic mass is 79.9. The molecule has 0 radical (unpaired) electrons. The summed E-state index contributed by atoms with van der Waals surface area (Å²) in [7, 11) is -1.92. The normalized spacial score (nSPS) is 10.9. The predicted molar refractivity (Wildman–Crippen MR) is 508 cm³/mol. The summed E-state index contributed by atoms with van der Waals surface area (Å²) < 4.78 is 5.18. The lowest BCUT2D eigenvalue weighted by molar-refractivity contribution is 0.111. The van der Waals surface area contributed by atoms with Crippen LogP contribution >= 0.6 is 23.2 Å². The molecule has 14 aromatic heterocycles. The molecule has 0 N–H and O–H groups in total. The van der Waals surface area contributed by atoms with Crippen LogP contribution in [0, 0.1) is 6.92 Å². The van der Waals surface area contributed by atoms with Gasteiger partial charge in [0.1, 0.15) is 29.3 Å². The van der Waals surface area contributed by atoms with E-state index in [9.17, 15) is 4.79 Å². The molecule has 22 rings (SSSR count). The third-order valence-electron chi connectivity index (χ3n) is 19.9. The zero-order chi connectivity index (χ0) is 79.8. The minimum Gasteiger partial charge on any atom is -0.294 e. The molecule has 8 aromatic carbocycles. The number of para-hydroxylation sites is 5.